The second kappa shape index (κ2) is 29.8. The number of ether oxygens (including phenoxy) is 4. The minimum atomic E-state index is -1.53. The SMILES string of the molecule is CCCCC/C=C\C/C=C\CCCCCCCCCCCCOCC(COC1OC(CO)C(O)C(O)C1O)OC(=O)CCCCC. The fourth-order valence-electron chi connectivity index (χ4n) is 5.40. The summed E-state index contributed by atoms with van der Waals surface area (Å²) in [6.45, 7) is 4.34. The highest BCUT2D eigenvalue weighted by Crippen LogP contribution is 2.22. The molecule has 1 aliphatic heterocycles. The van der Waals surface area contributed by atoms with Gasteiger partial charge in [0.15, 0.2) is 6.29 Å². The van der Waals surface area contributed by atoms with Crippen molar-refractivity contribution in [2.75, 3.05) is 26.4 Å². The van der Waals surface area contributed by atoms with Crippen LogP contribution < -0.4 is 0 Å². The van der Waals surface area contributed by atoms with Gasteiger partial charge in [-0.25, -0.2) is 0 Å². The van der Waals surface area contributed by atoms with Crippen LogP contribution in [0.2, 0.25) is 0 Å². The van der Waals surface area contributed by atoms with E-state index in [1.807, 2.05) is 0 Å². The molecule has 1 rings (SSSR count). The Hall–Kier alpha value is -1.33. The van der Waals surface area contributed by atoms with Gasteiger partial charge in [-0.05, 0) is 44.9 Å². The molecule has 6 unspecified atom stereocenters. The molecule has 0 aromatic carbocycles. The summed E-state index contributed by atoms with van der Waals surface area (Å²) in [6.07, 6.45) is 24.3. The molecule has 6 atom stereocenters. The first-order valence-electron chi connectivity index (χ1n) is 18.4. The van der Waals surface area contributed by atoms with Crippen molar-refractivity contribution in [3.05, 3.63) is 24.3 Å². The quantitative estimate of drug-likeness (QED) is 0.0379. The van der Waals surface area contributed by atoms with E-state index in [9.17, 15) is 25.2 Å². The van der Waals surface area contributed by atoms with E-state index in [1.54, 1.807) is 0 Å². The van der Waals surface area contributed by atoms with E-state index in [-0.39, 0.29) is 19.2 Å². The molecular formula is C37H68O9. The lowest BCUT2D eigenvalue weighted by Crippen LogP contribution is -2.59. The Morgan fingerprint density at radius 2 is 1.26 bits per heavy atom. The van der Waals surface area contributed by atoms with Crippen molar-refractivity contribution in [3.8, 4) is 0 Å². The van der Waals surface area contributed by atoms with E-state index in [1.165, 1.54) is 83.5 Å². The minimum absolute atomic E-state index is 0.115. The number of aliphatic hydroxyl groups is 4. The number of esters is 1. The van der Waals surface area contributed by atoms with Crippen molar-refractivity contribution in [2.45, 2.75) is 179 Å². The van der Waals surface area contributed by atoms with Crippen LogP contribution in [0.5, 0.6) is 0 Å². The van der Waals surface area contributed by atoms with E-state index >= 15 is 0 Å². The maximum atomic E-state index is 12.3. The average Bonchev–Trinajstić information content (AvgIpc) is 3.05. The Labute approximate surface area is 279 Å². The van der Waals surface area contributed by atoms with Crippen LogP contribution in [0.15, 0.2) is 24.3 Å². The van der Waals surface area contributed by atoms with Gasteiger partial charge in [-0.3, -0.25) is 4.79 Å². The van der Waals surface area contributed by atoms with Gasteiger partial charge in [0.05, 0.1) is 19.8 Å². The first kappa shape index (κ1) is 42.7. The number of rotatable bonds is 30. The van der Waals surface area contributed by atoms with Crippen LogP contribution in [0.4, 0.5) is 0 Å². The highest BCUT2D eigenvalue weighted by molar-refractivity contribution is 5.69. The van der Waals surface area contributed by atoms with Crippen molar-refractivity contribution in [1.82, 2.24) is 0 Å². The van der Waals surface area contributed by atoms with Crippen LogP contribution in [-0.2, 0) is 23.7 Å². The Bertz CT molecular complexity index is 757. The summed E-state index contributed by atoms with van der Waals surface area (Å²) in [4.78, 5) is 12.3. The zero-order valence-electron chi connectivity index (χ0n) is 29.1. The topological polar surface area (TPSA) is 135 Å². The molecule has 0 aromatic rings. The molecule has 0 aromatic heterocycles. The fourth-order valence-corrected chi connectivity index (χ4v) is 5.40. The Morgan fingerprint density at radius 3 is 1.87 bits per heavy atom. The van der Waals surface area contributed by atoms with E-state index in [0.29, 0.717) is 13.0 Å². The van der Waals surface area contributed by atoms with Crippen molar-refractivity contribution in [3.63, 3.8) is 0 Å². The van der Waals surface area contributed by atoms with Gasteiger partial charge in [0.25, 0.3) is 0 Å². The van der Waals surface area contributed by atoms with Crippen LogP contribution in [0.1, 0.15) is 142 Å². The van der Waals surface area contributed by atoms with Gasteiger partial charge in [-0.15, -0.1) is 0 Å². The largest absolute Gasteiger partial charge is 0.457 e. The summed E-state index contributed by atoms with van der Waals surface area (Å²) in [5.41, 5.74) is 0. The lowest BCUT2D eigenvalue weighted by Gasteiger charge is -2.39. The second-order valence-electron chi connectivity index (χ2n) is 12.7. The summed E-state index contributed by atoms with van der Waals surface area (Å²) in [7, 11) is 0. The first-order valence-corrected chi connectivity index (χ1v) is 18.4. The third kappa shape index (κ3) is 21.5. The molecule has 270 valence electrons. The summed E-state index contributed by atoms with van der Waals surface area (Å²) >= 11 is 0. The van der Waals surface area contributed by atoms with Crippen LogP contribution in [0.3, 0.4) is 0 Å². The van der Waals surface area contributed by atoms with Crippen LogP contribution in [0, 0.1) is 0 Å². The third-order valence-corrected chi connectivity index (χ3v) is 8.37. The highest BCUT2D eigenvalue weighted by atomic mass is 16.7. The summed E-state index contributed by atoms with van der Waals surface area (Å²) < 4.78 is 22.4. The zero-order chi connectivity index (χ0) is 33.7. The van der Waals surface area contributed by atoms with E-state index in [4.69, 9.17) is 18.9 Å². The van der Waals surface area contributed by atoms with Crippen molar-refractivity contribution in [2.24, 2.45) is 0 Å². The van der Waals surface area contributed by atoms with Gasteiger partial charge in [0.1, 0.15) is 30.5 Å². The molecule has 1 heterocycles. The standard InChI is InChI=1S/C37H68O9/c1-3-5-7-8-9-10-11-12-13-14-15-16-17-18-19-20-21-22-23-25-27-43-29-31(45-33(39)26-24-6-4-2)30-44-37-36(42)35(41)34(40)32(28-38)46-37/h9-10,12-13,31-32,34-38,40-42H,3-8,11,14-30H2,1-2H3/b10-9-,13-12-. The van der Waals surface area contributed by atoms with Gasteiger partial charge in [0, 0.05) is 13.0 Å². The van der Waals surface area contributed by atoms with Gasteiger partial charge < -0.3 is 39.4 Å². The summed E-state index contributed by atoms with van der Waals surface area (Å²) in [5, 5.41) is 39.6. The number of aliphatic hydroxyl groups excluding tert-OH is 4. The van der Waals surface area contributed by atoms with Crippen molar-refractivity contribution >= 4 is 5.97 Å². The Morgan fingerprint density at radius 1 is 0.696 bits per heavy atom. The van der Waals surface area contributed by atoms with Crippen molar-refractivity contribution in [1.29, 1.82) is 0 Å². The molecule has 46 heavy (non-hydrogen) atoms. The molecule has 0 radical (unpaired) electrons. The number of carbonyl (C=O) groups excluding carboxylic acids is 1. The molecule has 1 saturated heterocycles. The van der Waals surface area contributed by atoms with Crippen LogP contribution >= 0.6 is 0 Å². The Kier molecular flexibility index (Phi) is 27.6. The fraction of sp³-hybridized carbons (Fsp3) is 0.865. The number of carbonyl (C=O) groups is 1. The molecule has 9 heteroatoms. The predicted molar refractivity (Wildman–Crippen MR) is 182 cm³/mol. The number of hydrogen-bond donors (Lipinski definition) is 4. The summed E-state index contributed by atoms with van der Waals surface area (Å²) in [5.74, 6) is -0.340. The smallest absolute Gasteiger partial charge is 0.306 e. The van der Waals surface area contributed by atoms with Crippen LogP contribution in [-0.4, -0.2) is 89.6 Å². The van der Waals surface area contributed by atoms with Crippen LogP contribution in [0.25, 0.3) is 0 Å². The Balaban J connectivity index is 2.14. The molecule has 1 fully saturated rings. The molecule has 0 spiro atoms. The molecular weight excluding hydrogens is 588 g/mol. The highest BCUT2D eigenvalue weighted by Gasteiger charge is 2.44. The third-order valence-electron chi connectivity index (χ3n) is 8.37. The van der Waals surface area contributed by atoms with Gasteiger partial charge in [-0.2, -0.15) is 0 Å². The van der Waals surface area contributed by atoms with E-state index in [0.717, 1.165) is 38.5 Å². The zero-order valence-corrected chi connectivity index (χ0v) is 29.1. The average molecular weight is 657 g/mol. The maximum Gasteiger partial charge on any atom is 0.306 e. The minimum Gasteiger partial charge on any atom is -0.457 e. The number of unbranched alkanes of at least 4 members (excludes halogenated alkanes) is 15. The molecule has 9 nitrogen and oxygen atoms in total. The normalized spacial score (nSPS) is 22.6. The lowest BCUT2D eigenvalue weighted by atomic mass is 9.99. The second-order valence-corrected chi connectivity index (χ2v) is 12.7. The number of hydrogen-bond acceptors (Lipinski definition) is 9. The summed E-state index contributed by atoms with van der Waals surface area (Å²) in [6, 6.07) is 0. The molecule has 0 amide bonds. The number of allylic oxidation sites excluding steroid dienone is 4. The van der Waals surface area contributed by atoms with Gasteiger partial charge in [0.2, 0.25) is 0 Å². The molecule has 0 aliphatic carbocycles. The van der Waals surface area contributed by atoms with Gasteiger partial charge in [-0.1, -0.05) is 115 Å². The van der Waals surface area contributed by atoms with Crippen molar-refractivity contribution < 1.29 is 44.2 Å². The van der Waals surface area contributed by atoms with Gasteiger partial charge >= 0.3 is 5.97 Å². The molecule has 1 aliphatic rings. The monoisotopic (exact) mass is 656 g/mol. The van der Waals surface area contributed by atoms with E-state index < -0.39 is 43.4 Å². The predicted octanol–water partition coefficient (Wildman–Crippen LogP) is 6.69. The molecule has 4 N–H and O–H groups in total. The molecule has 0 saturated carbocycles. The lowest BCUT2D eigenvalue weighted by molar-refractivity contribution is -0.305. The first-order chi connectivity index (χ1) is 22.4. The molecule has 0 bridgehead atoms. The maximum absolute atomic E-state index is 12.3. The van der Waals surface area contributed by atoms with E-state index in [2.05, 4.69) is 38.2 Å².